The summed E-state index contributed by atoms with van der Waals surface area (Å²) < 4.78 is 7.16. The van der Waals surface area contributed by atoms with Crippen molar-refractivity contribution in [2.24, 2.45) is 7.05 Å². The summed E-state index contributed by atoms with van der Waals surface area (Å²) in [5, 5.41) is 9.14. The molecule has 0 fully saturated rings. The van der Waals surface area contributed by atoms with E-state index in [4.69, 9.17) is 9.84 Å². The van der Waals surface area contributed by atoms with Crippen molar-refractivity contribution < 1.29 is 14.6 Å². The van der Waals surface area contributed by atoms with Gasteiger partial charge in [0.15, 0.2) is 5.65 Å². The average molecular weight is 297 g/mol. The zero-order chi connectivity index (χ0) is 15.7. The number of fused-ring (bicyclic) bond motifs is 1. The lowest BCUT2D eigenvalue weighted by atomic mass is 10.2. The number of hydrogen-bond acceptors (Lipinski definition) is 4. The Bertz CT molecular complexity index is 841. The number of pyridine rings is 1. The summed E-state index contributed by atoms with van der Waals surface area (Å²) in [5.41, 5.74) is 2.95. The SMILES string of the molecule is Cc1cc(OCc2ccccc2)nc2c1nc(C(=O)O)n2C. The molecule has 22 heavy (non-hydrogen) atoms. The molecule has 3 rings (SSSR count). The minimum atomic E-state index is -1.08. The van der Waals surface area contributed by atoms with Crippen LogP contribution >= 0.6 is 0 Å². The highest BCUT2D eigenvalue weighted by molar-refractivity contribution is 5.89. The summed E-state index contributed by atoms with van der Waals surface area (Å²) in [5.74, 6) is -0.661. The van der Waals surface area contributed by atoms with E-state index in [1.165, 1.54) is 4.57 Å². The lowest BCUT2D eigenvalue weighted by molar-refractivity contribution is 0.0680. The smallest absolute Gasteiger partial charge is 0.372 e. The molecule has 0 saturated carbocycles. The Morgan fingerprint density at radius 3 is 2.68 bits per heavy atom. The maximum absolute atomic E-state index is 11.2. The van der Waals surface area contributed by atoms with Gasteiger partial charge in [-0.15, -0.1) is 0 Å². The molecule has 112 valence electrons. The van der Waals surface area contributed by atoms with E-state index in [1.807, 2.05) is 37.3 Å². The van der Waals surface area contributed by atoms with Crippen LogP contribution in [0.25, 0.3) is 11.2 Å². The second-order valence-electron chi connectivity index (χ2n) is 5.02. The van der Waals surface area contributed by atoms with Crippen LogP contribution in [-0.4, -0.2) is 25.6 Å². The molecule has 1 aromatic carbocycles. The van der Waals surface area contributed by atoms with Crippen molar-refractivity contribution in [3.63, 3.8) is 0 Å². The van der Waals surface area contributed by atoms with Gasteiger partial charge >= 0.3 is 5.97 Å². The summed E-state index contributed by atoms with van der Waals surface area (Å²) >= 11 is 0. The van der Waals surface area contributed by atoms with Gasteiger partial charge in [0.2, 0.25) is 11.7 Å². The van der Waals surface area contributed by atoms with Crippen LogP contribution in [0.5, 0.6) is 5.88 Å². The Labute approximate surface area is 127 Å². The number of aromatic carboxylic acids is 1. The van der Waals surface area contributed by atoms with Gasteiger partial charge in [-0.1, -0.05) is 30.3 Å². The molecule has 2 heterocycles. The predicted molar refractivity (Wildman–Crippen MR) is 81.0 cm³/mol. The fourth-order valence-electron chi connectivity index (χ4n) is 2.27. The van der Waals surface area contributed by atoms with Crippen molar-refractivity contribution in [1.29, 1.82) is 0 Å². The Kier molecular flexibility index (Phi) is 3.50. The Balaban J connectivity index is 1.94. The fourth-order valence-corrected chi connectivity index (χ4v) is 2.27. The van der Waals surface area contributed by atoms with Gasteiger partial charge in [0.1, 0.15) is 12.1 Å². The lowest BCUT2D eigenvalue weighted by Crippen LogP contribution is -2.06. The third kappa shape index (κ3) is 2.50. The molecule has 0 spiro atoms. The van der Waals surface area contributed by atoms with Crippen LogP contribution in [0.1, 0.15) is 21.7 Å². The summed E-state index contributed by atoms with van der Waals surface area (Å²) in [7, 11) is 1.63. The Morgan fingerprint density at radius 2 is 2.00 bits per heavy atom. The van der Waals surface area contributed by atoms with E-state index in [1.54, 1.807) is 13.1 Å². The van der Waals surface area contributed by atoms with Gasteiger partial charge in [-0.3, -0.25) is 0 Å². The molecule has 0 aliphatic carbocycles. The number of nitrogens with zero attached hydrogens (tertiary/aromatic N) is 3. The number of benzene rings is 1. The van der Waals surface area contributed by atoms with E-state index >= 15 is 0 Å². The first kappa shape index (κ1) is 14.1. The number of carboxylic acid groups (broad SMARTS) is 1. The zero-order valence-corrected chi connectivity index (χ0v) is 12.3. The number of carbonyl (C=O) groups is 1. The molecular weight excluding hydrogens is 282 g/mol. The second kappa shape index (κ2) is 5.48. The summed E-state index contributed by atoms with van der Waals surface area (Å²) in [4.78, 5) is 19.6. The molecule has 0 amide bonds. The van der Waals surface area contributed by atoms with E-state index in [0.717, 1.165) is 11.1 Å². The molecule has 6 nitrogen and oxygen atoms in total. The standard InChI is InChI=1S/C16H15N3O3/c1-10-8-12(22-9-11-6-4-3-5-7-11)17-14-13(10)18-15(16(20)21)19(14)2/h3-8H,9H2,1-2H3,(H,20,21). The first-order chi connectivity index (χ1) is 10.6. The van der Waals surface area contributed by atoms with Crippen molar-refractivity contribution in [3.8, 4) is 5.88 Å². The normalized spacial score (nSPS) is 10.8. The third-order valence-corrected chi connectivity index (χ3v) is 3.42. The van der Waals surface area contributed by atoms with Crippen molar-refractivity contribution in [2.75, 3.05) is 0 Å². The van der Waals surface area contributed by atoms with Crippen LogP contribution in [0.15, 0.2) is 36.4 Å². The van der Waals surface area contributed by atoms with Gasteiger partial charge in [-0.2, -0.15) is 4.98 Å². The highest BCUT2D eigenvalue weighted by Gasteiger charge is 2.17. The van der Waals surface area contributed by atoms with Crippen molar-refractivity contribution in [1.82, 2.24) is 14.5 Å². The summed E-state index contributed by atoms with van der Waals surface area (Å²) in [6, 6.07) is 11.5. The Hall–Kier alpha value is -2.89. The first-order valence-electron chi connectivity index (χ1n) is 6.80. The molecule has 0 radical (unpaired) electrons. The summed E-state index contributed by atoms with van der Waals surface area (Å²) in [6.07, 6.45) is 0. The largest absolute Gasteiger partial charge is 0.475 e. The van der Waals surface area contributed by atoms with E-state index in [0.29, 0.717) is 23.7 Å². The maximum Gasteiger partial charge on any atom is 0.372 e. The second-order valence-corrected chi connectivity index (χ2v) is 5.02. The fraction of sp³-hybridized carbons (Fsp3) is 0.188. The van der Waals surface area contributed by atoms with E-state index < -0.39 is 5.97 Å². The predicted octanol–water partition coefficient (Wildman–Crippen LogP) is 2.55. The van der Waals surface area contributed by atoms with Crippen molar-refractivity contribution in [2.45, 2.75) is 13.5 Å². The average Bonchev–Trinajstić information content (AvgIpc) is 2.84. The molecular formula is C16H15N3O3. The lowest BCUT2D eigenvalue weighted by Gasteiger charge is -2.07. The molecule has 0 saturated heterocycles. The molecule has 6 heteroatoms. The van der Waals surface area contributed by atoms with E-state index in [9.17, 15) is 4.79 Å². The molecule has 0 aliphatic rings. The van der Waals surface area contributed by atoms with Gasteiger partial charge in [-0.05, 0) is 18.1 Å². The Morgan fingerprint density at radius 1 is 1.27 bits per heavy atom. The number of hydrogen-bond donors (Lipinski definition) is 1. The monoisotopic (exact) mass is 297 g/mol. The zero-order valence-electron chi connectivity index (χ0n) is 12.3. The number of carboxylic acids is 1. The topological polar surface area (TPSA) is 77.2 Å². The maximum atomic E-state index is 11.2. The van der Waals surface area contributed by atoms with Crippen LogP contribution in [0.2, 0.25) is 0 Å². The van der Waals surface area contributed by atoms with Gasteiger partial charge in [0.05, 0.1) is 0 Å². The first-order valence-corrected chi connectivity index (χ1v) is 6.80. The van der Waals surface area contributed by atoms with Gasteiger partial charge in [0, 0.05) is 13.1 Å². The van der Waals surface area contributed by atoms with Crippen LogP contribution < -0.4 is 4.74 Å². The van der Waals surface area contributed by atoms with Crippen molar-refractivity contribution >= 4 is 17.1 Å². The van der Waals surface area contributed by atoms with Crippen LogP contribution in [-0.2, 0) is 13.7 Å². The van der Waals surface area contributed by atoms with E-state index in [-0.39, 0.29) is 5.82 Å². The number of ether oxygens (including phenoxy) is 1. The minimum Gasteiger partial charge on any atom is -0.475 e. The molecule has 3 aromatic rings. The highest BCUT2D eigenvalue weighted by Crippen LogP contribution is 2.22. The third-order valence-electron chi connectivity index (χ3n) is 3.42. The number of aromatic nitrogens is 3. The van der Waals surface area contributed by atoms with Gasteiger partial charge < -0.3 is 14.4 Å². The van der Waals surface area contributed by atoms with Crippen molar-refractivity contribution in [3.05, 3.63) is 53.3 Å². The van der Waals surface area contributed by atoms with Gasteiger partial charge in [-0.25, -0.2) is 9.78 Å². The number of aryl methyl sites for hydroxylation is 2. The molecule has 0 unspecified atom stereocenters. The van der Waals surface area contributed by atoms with Crippen LogP contribution in [0, 0.1) is 6.92 Å². The molecule has 0 aliphatic heterocycles. The molecule has 2 aromatic heterocycles. The van der Waals surface area contributed by atoms with Crippen LogP contribution in [0.3, 0.4) is 0 Å². The summed E-state index contributed by atoms with van der Waals surface area (Å²) in [6.45, 7) is 2.26. The highest BCUT2D eigenvalue weighted by atomic mass is 16.5. The number of imidazole rings is 1. The quantitative estimate of drug-likeness (QED) is 0.800. The molecule has 0 bridgehead atoms. The number of rotatable bonds is 4. The minimum absolute atomic E-state index is 0.0363. The van der Waals surface area contributed by atoms with E-state index in [2.05, 4.69) is 9.97 Å². The van der Waals surface area contributed by atoms with Gasteiger partial charge in [0.25, 0.3) is 0 Å². The molecule has 0 atom stereocenters. The van der Waals surface area contributed by atoms with Crippen LogP contribution in [0.4, 0.5) is 0 Å². The molecule has 1 N–H and O–H groups in total.